The van der Waals surface area contributed by atoms with Crippen molar-refractivity contribution in [2.75, 3.05) is 7.05 Å². The number of carbonyl (C=O) groups is 2. The molecule has 2 aromatic heterocycles. The molecule has 1 spiro atoms. The molecule has 0 radical (unpaired) electrons. The molecule has 2 amide bonds. The summed E-state index contributed by atoms with van der Waals surface area (Å²) in [4.78, 5) is 31.3. The molecule has 8 rings (SSSR count). The highest BCUT2D eigenvalue weighted by Gasteiger charge is 3.02. The quantitative estimate of drug-likeness (QED) is 0.0970. The largest absolute Gasteiger partial charge is 0.454 e. The second-order valence-corrected chi connectivity index (χ2v) is 12.3. The van der Waals surface area contributed by atoms with Crippen LogP contribution in [0.1, 0.15) is 46.4 Å². The summed E-state index contributed by atoms with van der Waals surface area (Å²) < 4.78 is 25.5. The van der Waals surface area contributed by atoms with Crippen LogP contribution in [-0.2, 0) is 4.74 Å². The average molecular weight is 640 g/mol. The van der Waals surface area contributed by atoms with Gasteiger partial charge in [-0.05, 0) is 79.4 Å². The molecule has 4 heterocycles. The summed E-state index contributed by atoms with van der Waals surface area (Å²) >= 11 is 0. The van der Waals surface area contributed by atoms with Crippen molar-refractivity contribution in [3.8, 4) is 22.5 Å². The van der Waals surface area contributed by atoms with E-state index in [9.17, 15) is 34.4 Å². The number of aromatic nitrogens is 1. The first-order chi connectivity index (χ1) is 22.5. The van der Waals surface area contributed by atoms with Gasteiger partial charge in [-0.1, -0.05) is 18.2 Å². The predicted octanol–water partition coefficient (Wildman–Crippen LogP) is 4.12. The number of nitrogens with one attached hydrogen (secondary N) is 2. The molecule has 47 heavy (non-hydrogen) atoms. The molecular weight excluding hydrogens is 609 g/mol. The van der Waals surface area contributed by atoms with Gasteiger partial charge >= 0.3 is 0 Å². The van der Waals surface area contributed by atoms with Gasteiger partial charge in [0, 0.05) is 47.1 Å². The summed E-state index contributed by atoms with van der Waals surface area (Å²) in [6.45, 7) is 0. The lowest BCUT2D eigenvalue weighted by molar-refractivity contribution is -0.430. The minimum absolute atomic E-state index is 0.0211. The Labute approximate surface area is 266 Å². The molecule has 0 bridgehead atoms. The molecule has 0 saturated carbocycles. The molecule has 3 unspecified atom stereocenters. The number of H-pyrrole nitrogens is 1. The van der Waals surface area contributed by atoms with Crippen LogP contribution in [-0.4, -0.2) is 72.2 Å². The van der Waals surface area contributed by atoms with Gasteiger partial charge in [0.1, 0.15) is 17.2 Å². The molecule has 2 aliphatic heterocycles. The van der Waals surface area contributed by atoms with E-state index < -0.39 is 40.7 Å². The zero-order chi connectivity index (χ0) is 32.9. The van der Waals surface area contributed by atoms with Crippen molar-refractivity contribution in [3.63, 3.8) is 0 Å². The number of amides is 2. The maximum absolute atomic E-state index is 14.0. The Morgan fingerprint density at radius 1 is 0.979 bits per heavy atom. The summed E-state index contributed by atoms with van der Waals surface area (Å²) in [5, 5.41) is 48.7. The highest BCUT2D eigenvalue weighted by Crippen LogP contribution is 2.73. The van der Waals surface area contributed by atoms with Gasteiger partial charge in [-0.15, -0.1) is 0 Å². The number of furan rings is 1. The molecule has 6 N–H and O–H groups in total. The zero-order valence-electron chi connectivity index (χ0n) is 25.1. The van der Waals surface area contributed by atoms with Gasteiger partial charge in [0.15, 0.2) is 0 Å². The number of halogens is 1. The monoisotopic (exact) mass is 639 g/mol. The molecule has 3 aliphatic rings. The Morgan fingerprint density at radius 2 is 1.77 bits per heavy atom. The molecule has 2 fully saturated rings. The van der Waals surface area contributed by atoms with Crippen molar-refractivity contribution >= 4 is 33.7 Å². The second kappa shape index (κ2) is 9.83. The van der Waals surface area contributed by atoms with E-state index >= 15 is 0 Å². The van der Waals surface area contributed by atoms with Crippen molar-refractivity contribution in [1.82, 2.24) is 15.2 Å². The van der Waals surface area contributed by atoms with Crippen LogP contribution in [0.5, 0.6) is 0 Å². The first-order valence-corrected chi connectivity index (χ1v) is 15.2. The number of aromatic amines is 1. The molecule has 3 atom stereocenters. The fourth-order valence-corrected chi connectivity index (χ4v) is 7.46. The lowest BCUT2D eigenvalue weighted by atomic mass is 9.79. The van der Waals surface area contributed by atoms with Crippen LogP contribution in [0, 0.1) is 5.82 Å². The summed E-state index contributed by atoms with van der Waals surface area (Å²) in [7, 11) is 1.50. The number of fused-ring (bicyclic) bond motifs is 3. The van der Waals surface area contributed by atoms with Gasteiger partial charge in [-0.3, -0.25) is 19.2 Å². The van der Waals surface area contributed by atoms with Crippen LogP contribution < -0.4 is 5.32 Å². The number of nitrogens with zero attached hydrogens (tertiary/aromatic N) is 1. The van der Waals surface area contributed by atoms with E-state index in [1.54, 1.807) is 42.6 Å². The van der Waals surface area contributed by atoms with E-state index in [1.807, 2.05) is 0 Å². The highest BCUT2D eigenvalue weighted by atomic mass is 19.1. The number of carbonyl (C=O) groups excluding carboxylic acids is 2. The fourth-order valence-electron chi connectivity index (χ4n) is 7.46. The third-order valence-corrected chi connectivity index (χ3v) is 9.63. The van der Waals surface area contributed by atoms with Crippen molar-refractivity contribution in [2.24, 2.45) is 0 Å². The smallest absolute Gasteiger partial charge is 0.291 e. The molecule has 3 aromatic carbocycles. The second-order valence-electron chi connectivity index (χ2n) is 12.3. The standard InChI is InChI=1S/C35H30FN3O8/c1-37-30(40)26-25-18-24(27-23(13-16-38-27)29(25)46-28(26)19-9-11-22(36)12-10-19)20-7-6-8-21(17-20)31(41)39-34-32(42,43)14-4-2-3-5-15-33(34,44)47-35(34,39)45/h4,6-14,16-18,38,42-45H,2-3,5,15H2,1H3,(H,37,40)/b14-4+. The SMILES string of the molecule is CNC(=O)c1c(-c2ccc(F)cc2)oc2c1cc(-c1cccc(C(=O)N3C4(O)OC5(O)CCCC/C=C/C(O)(O)C354)c1)c1[nH]ccc12. The van der Waals surface area contributed by atoms with Crippen molar-refractivity contribution in [2.45, 2.75) is 48.7 Å². The van der Waals surface area contributed by atoms with Gasteiger partial charge < -0.3 is 35.1 Å². The number of hydrogen-bond donors (Lipinski definition) is 6. The number of aliphatic hydroxyl groups is 4. The molecular formula is C35H30FN3O8. The van der Waals surface area contributed by atoms with Crippen LogP contribution in [0.3, 0.4) is 0 Å². The summed E-state index contributed by atoms with van der Waals surface area (Å²) in [5.74, 6) is -8.77. The fraction of sp³-hybridized carbons (Fsp3) is 0.257. The summed E-state index contributed by atoms with van der Waals surface area (Å²) in [5.41, 5.74) is 0.863. The van der Waals surface area contributed by atoms with Gasteiger partial charge in [0.05, 0.1) is 11.1 Å². The molecule has 12 heteroatoms. The lowest BCUT2D eigenvalue weighted by Crippen LogP contribution is -2.73. The minimum atomic E-state index is -2.78. The van der Waals surface area contributed by atoms with Crippen molar-refractivity contribution in [1.29, 1.82) is 0 Å². The van der Waals surface area contributed by atoms with Crippen molar-refractivity contribution < 1.29 is 43.6 Å². The van der Waals surface area contributed by atoms with E-state index in [0.29, 0.717) is 57.8 Å². The average Bonchev–Trinajstić information content (AvgIpc) is 3.43. The topological polar surface area (TPSA) is 168 Å². The van der Waals surface area contributed by atoms with Gasteiger partial charge in [-0.2, -0.15) is 0 Å². The van der Waals surface area contributed by atoms with Crippen LogP contribution in [0.15, 0.2) is 83.4 Å². The Balaban J connectivity index is 1.25. The Bertz CT molecular complexity index is 2150. The molecule has 240 valence electrons. The highest BCUT2D eigenvalue weighted by molar-refractivity contribution is 6.19. The Hall–Kier alpha value is -4.85. The molecule has 11 nitrogen and oxygen atoms in total. The minimum Gasteiger partial charge on any atom is -0.454 e. The van der Waals surface area contributed by atoms with E-state index in [4.69, 9.17) is 9.15 Å². The maximum Gasteiger partial charge on any atom is 0.291 e. The van der Waals surface area contributed by atoms with Gasteiger partial charge in [0.2, 0.25) is 17.1 Å². The van der Waals surface area contributed by atoms with E-state index in [0.717, 1.165) is 11.0 Å². The molecule has 2 saturated heterocycles. The first kappa shape index (κ1) is 29.5. The molecule has 5 aromatic rings. The van der Waals surface area contributed by atoms with Gasteiger partial charge in [0.25, 0.3) is 17.7 Å². The van der Waals surface area contributed by atoms with Crippen LogP contribution in [0.4, 0.5) is 4.39 Å². The van der Waals surface area contributed by atoms with Crippen molar-refractivity contribution in [3.05, 3.63) is 96.0 Å². The number of benzene rings is 3. The predicted molar refractivity (Wildman–Crippen MR) is 167 cm³/mol. The van der Waals surface area contributed by atoms with Gasteiger partial charge in [-0.25, -0.2) is 4.39 Å². The summed E-state index contributed by atoms with van der Waals surface area (Å²) in [6, 6.07) is 15.7. The molecule has 1 aliphatic carbocycles. The summed E-state index contributed by atoms with van der Waals surface area (Å²) in [6.07, 6.45) is 5.95. The van der Waals surface area contributed by atoms with Crippen LogP contribution in [0.25, 0.3) is 44.3 Å². The Kier molecular flexibility index (Phi) is 6.18. The number of rotatable bonds is 4. The first-order valence-electron chi connectivity index (χ1n) is 15.2. The van der Waals surface area contributed by atoms with E-state index in [-0.39, 0.29) is 23.3 Å². The normalized spacial score (nSPS) is 26.8. The van der Waals surface area contributed by atoms with Crippen LogP contribution in [0.2, 0.25) is 0 Å². The number of ether oxygens (including phenoxy) is 1. The lowest BCUT2D eigenvalue weighted by Gasteiger charge is -2.48. The Morgan fingerprint density at radius 3 is 2.53 bits per heavy atom. The maximum atomic E-state index is 14.0. The van der Waals surface area contributed by atoms with E-state index in [2.05, 4.69) is 10.3 Å². The number of allylic oxidation sites excluding steroid dienone is 1. The third-order valence-electron chi connectivity index (χ3n) is 9.63. The number of hydrogen-bond acceptors (Lipinski definition) is 8. The van der Waals surface area contributed by atoms with E-state index in [1.165, 1.54) is 37.4 Å². The zero-order valence-corrected chi connectivity index (χ0v) is 25.1. The third kappa shape index (κ3) is 3.78. The van der Waals surface area contributed by atoms with Crippen LogP contribution >= 0.6 is 0 Å².